The molecule has 0 unspecified atom stereocenters. The van der Waals surface area contributed by atoms with Crippen LogP contribution in [0.15, 0.2) is 24.3 Å². The summed E-state index contributed by atoms with van der Waals surface area (Å²) in [5, 5.41) is 12.7. The van der Waals surface area contributed by atoms with Gasteiger partial charge in [-0.25, -0.2) is 0 Å². The minimum Gasteiger partial charge on any atom is -0.391 e. The fourth-order valence-electron chi connectivity index (χ4n) is 2.24. The Bertz CT molecular complexity index is 386. The molecular formula is C14H19NO2. The van der Waals surface area contributed by atoms with Crippen LogP contribution in [0.3, 0.4) is 0 Å². The quantitative estimate of drug-likeness (QED) is 0.821. The molecule has 2 N–H and O–H groups in total. The average Bonchev–Trinajstić information content (AvgIpc) is 2.33. The van der Waals surface area contributed by atoms with E-state index in [0.717, 1.165) is 31.2 Å². The van der Waals surface area contributed by atoms with Crippen molar-refractivity contribution in [2.45, 2.75) is 44.8 Å². The zero-order chi connectivity index (χ0) is 12.3. The molecule has 1 aromatic rings. The van der Waals surface area contributed by atoms with Crippen molar-refractivity contribution in [2.24, 2.45) is 0 Å². The maximum Gasteiger partial charge on any atom is 0.251 e. The number of aryl methyl sites for hydroxylation is 1. The van der Waals surface area contributed by atoms with E-state index in [0.29, 0.717) is 5.56 Å². The Morgan fingerprint density at radius 3 is 2.53 bits per heavy atom. The molecule has 1 fully saturated rings. The van der Waals surface area contributed by atoms with Crippen molar-refractivity contribution in [3.05, 3.63) is 35.4 Å². The molecule has 0 spiro atoms. The Kier molecular flexibility index (Phi) is 3.79. The largest absolute Gasteiger partial charge is 0.391 e. The molecule has 1 aliphatic carbocycles. The molecule has 1 aromatic carbocycles. The van der Waals surface area contributed by atoms with Crippen molar-refractivity contribution in [3.8, 4) is 0 Å². The topological polar surface area (TPSA) is 49.3 Å². The van der Waals surface area contributed by atoms with Crippen LogP contribution in [0, 0.1) is 6.92 Å². The normalized spacial score (nSPS) is 24.4. The van der Waals surface area contributed by atoms with Crippen molar-refractivity contribution in [2.75, 3.05) is 0 Å². The zero-order valence-electron chi connectivity index (χ0n) is 10.1. The highest BCUT2D eigenvalue weighted by atomic mass is 16.3. The molecule has 0 heterocycles. The maximum atomic E-state index is 11.9. The molecule has 17 heavy (non-hydrogen) atoms. The third-order valence-corrected chi connectivity index (χ3v) is 3.36. The van der Waals surface area contributed by atoms with Gasteiger partial charge in [0.05, 0.1) is 12.1 Å². The molecule has 1 saturated carbocycles. The SMILES string of the molecule is Cc1ccc(C(=O)N[C@H]2CCCC[C@@H]2O)cc1. The molecule has 0 radical (unpaired) electrons. The van der Waals surface area contributed by atoms with E-state index in [-0.39, 0.29) is 11.9 Å². The minimum atomic E-state index is -0.391. The minimum absolute atomic E-state index is 0.0856. The number of carbonyl (C=O) groups is 1. The summed E-state index contributed by atoms with van der Waals surface area (Å²) in [5.74, 6) is -0.0871. The summed E-state index contributed by atoms with van der Waals surface area (Å²) in [5.41, 5.74) is 1.80. The van der Waals surface area contributed by atoms with Gasteiger partial charge in [-0.05, 0) is 31.9 Å². The van der Waals surface area contributed by atoms with Crippen LogP contribution in [0.5, 0.6) is 0 Å². The standard InChI is InChI=1S/C14H19NO2/c1-10-6-8-11(9-7-10)14(17)15-12-4-2-3-5-13(12)16/h6-9,12-13,16H,2-5H2,1H3,(H,15,17)/t12-,13-/m0/s1. The van der Waals surface area contributed by atoms with Gasteiger partial charge in [-0.3, -0.25) is 4.79 Å². The van der Waals surface area contributed by atoms with E-state index in [2.05, 4.69) is 5.32 Å². The van der Waals surface area contributed by atoms with Gasteiger partial charge in [0, 0.05) is 5.56 Å². The first-order valence-electron chi connectivity index (χ1n) is 6.22. The van der Waals surface area contributed by atoms with Gasteiger partial charge in [-0.1, -0.05) is 30.5 Å². The van der Waals surface area contributed by atoms with Crippen molar-refractivity contribution in [1.82, 2.24) is 5.32 Å². The fraction of sp³-hybridized carbons (Fsp3) is 0.500. The number of rotatable bonds is 2. The number of hydrogen-bond acceptors (Lipinski definition) is 2. The lowest BCUT2D eigenvalue weighted by Gasteiger charge is -2.28. The zero-order valence-corrected chi connectivity index (χ0v) is 10.1. The summed E-state index contributed by atoms with van der Waals surface area (Å²) >= 11 is 0. The molecule has 2 atom stereocenters. The smallest absolute Gasteiger partial charge is 0.251 e. The van der Waals surface area contributed by atoms with Gasteiger partial charge in [0.1, 0.15) is 0 Å². The van der Waals surface area contributed by atoms with Crippen LogP contribution in [-0.2, 0) is 0 Å². The second kappa shape index (κ2) is 5.32. The third kappa shape index (κ3) is 3.07. The number of benzene rings is 1. The summed E-state index contributed by atoms with van der Waals surface area (Å²) in [4.78, 5) is 11.9. The van der Waals surface area contributed by atoms with Gasteiger partial charge in [0.25, 0.3) is 5.91 Å². The van der Waals surface area contributed by atoms with Crippen molar-refractivity contribution in [3.63, 3.8) is 0 Å². The van der Waals surface area contributed by atoms with Gasteiger partial charge in [-0.2, -0.15) is 0 Å². The van der Waals surface area contributed by atoms with E-state index in [1.165, 1.54) is 0 Å². The summed E-state index contributed by atoms with van der Waals surface area (Å²) in [7, 11) is 0. The second-order valence-electron chi connectivity index (χ2n) is 4.80. The predicted octanol–water partition coefficient (Wildman–Crippen LogP) is 2.03. The molecule has 1 amide bonds. The van der Waals surface area contributed by atoms with Gasteiger partial charge >= 0.3 is 0 Å². The lowest BCUT2D eigenvalue weighted by atomic mass is 9.92. The Hall–Kier alpha value is -1.35. The van der Waals surface area contributed by atoms with Gasteiger partial charge in [-0.15, -0.1) is 0 Å². The molecule has 92 valence electrons. The molecule has 2 rings (SSSR count). The molecular weight excluding hydrogens is 214 g/mol. The lowest BCUT2D eigenvalue weighted by molar-refractivity contribution is 0.0717. The van der Waals surface area contributed by atoms with E-state index >= 15 is 0 Å². The van der Waals surface area contributed by atoms with Crippen LogP contribution in [-0.4, -0.2) is 23.2 Å². The third-order valence-electron chi connectivity index (χ3n) is 3.36. The van der Waals surface area contributed by atoms with Gasteiger partial charge in [0.2, 0.25) is 0 Å². The predicted molar refractivity (Wildman–Crippen MR) is 66.9 cm³/mol. The summed E-state index contributed by atoms with van der Waals surface area (Å²) in [6.45, 7) is 1.99. The van der Waals surface area contributed by atoms with E-state index in [1.54, 1.807) is 0 Å². The summed E-state index contributed by atoms with van der Waals surface area (Å²) < 4.78 is 0. The molecule has 0 aliphatic heterocycles. The molecule has 1 aliphatic rings. The number of nitrogens with one attached hydrogen (secondary N) is 1. The lowest BCUT2D eigenvalue weighted by Crippen LogP contribution is -2.45. The van der Waals surface area contributed by atoms with Crippen molar-refractivity contribution < 1.29 is 9.90 Å². The van der Waals surface area contributed by atoms with E-state index in [4.69, 9.17) is 0 Å². The number of aliphatic hydroxyl groups excluding tert-OH is 1. The molecule has 3 nitrogen and oxygen atoms in total. The Morgan fingerprint density at radius 2 is 1.88 bits per heavy atom. The van der Waals surface area contributed by atoms with E-state index < -0.39 is 6.10 Å². The van der Waals surface area contributed by atoms with E-state index in [1.807, 2.05) is 31.2 Å². The highest BCUT2D eigenvalue weighted by Crippen LogP contribution is 2.18. The van der Waals surface area contributed by atoms with Crippen LogP contribution in [0.25, 0.3) is 0 Å². The van der Waals surface area contributed by atoms with Gasteiger partial charge < -0.3 is 10.4 Å². The van der Waals surface area contributed by atoms with Gasteiger partial charge in [0.15, 0.2) is 0 Å². The van der Waals surface area contributed by atoms with Crippen molar-refractivity contribution >= 4 is 5.91 Å². The number of carbonyl (C=O) groups excluding carboxylic acids is 1. The fourth-order valence-corrected chi connectivity index (χ4v) is 2.24. The van der Waals surface area contributed by atoms with Crippen LogP contribution in [0.4, 0.5) is 0 Å². The Balaban J connectivity index is 1.98. The highest BCUT2D eigenvalue weighted by Gasteiger charge is 2.24. The molecule has 0 bridgehead atoms. The summed E-state index contributed by atoms with van der Waals surface area (Å²) in [6, 6.07) is 7.40. The average molecular weight is 233 g/mol. The van der Waals surface area contributed by atoms with Crippen molar-refractivity contribution in [1.29, 1.82) is 0 Å². The highest BCUT2D eigenvalue weighted by molar-refractivity contribution is 5.94. The monoisotopic (exact) mass is 233 g/mol. The number of amides is 1. The van der Waals surface area contributed by atoms with Crippen LogP contribution < -0.4 is 5.32 Å². The van der Waals surface area contributed by atoms with Crippen LogP contribution in [0.2, 0.25) is 0 Å². The Labute approximate surface area is 102 Å². The molecule has 0 aromatic heterocycles. The maximum absolute atomic E-state index is 11.9. The number of aliphatic hydroxyl groups is 1. The Morgan fingerprint density at radius 1 is 1.24 bits per heavy atom. The second-order valence-corrected chi connectivity index (χ2v) is 4.80. The van der Waals surface area contributed by atoms with E-state index in [9.17, 15) is 9.90 Å². The summed E-state index contributed by atoms with van der Waals surface area (Å²) in [6.07, 6.45) is 3.41. The van der Waals surface area contributed by atoms with Crippen LogP contribution in [0.1, 0.15) is 41.6 Å². The molecule has 3 heteroatoms. The first-order valence-corrected chi connectivity index (χ1v) is 6.22. The van der Waals surface area contributed by atoms with Crippen LogP contribution >= 0.6 is 0 Å². The molecule has 0 saturated heterocycles. The number of hydrogen-bond donors (Lipinski definition) is 2. The first-order chi connectivity index (χ1) is 8.16. The first kappa shape index (κ1) is 12.1.